The molecule has 0 amide bonds. The lowest BCUT2D eigenvalue weighted by molar-refractivity contribution is -0.168. The number of carbonyl (C=O) groups is 2. The van der Waals surface area contributed by atoms with E-state index in [1.165, 1.54) is 16.7 Å². The Morgan fingerprint density at radius 1 is 1.06 bits per heavy atom. The molecule has 0 bridgehead atoms. The van der Waals surface area contributed by atoms with E-state index in [-0.39, 0.29) is 0 Å². The van der Waals surface area contributed by atoms with Crippen molar-refractivity contribution in [2.75, 3.05) is 0 Å². The van der Waals surface area contributed by atoms with Gasteiger partial charge in [0.15, 0.2) is 5.60 Å². The molecular formula is C24H32ClNO6. The Labute approximate surface area is 193 Å². The summed E-state index contributed by atoms with van der Waals surface area (Å²) in [4.78, 5) is 22.0. The zero-order valence-electron chi connectivity index (χ0n) is 18.6. The van der Waals surface area contributed by atoms with E-state index < -0.39 is 36.5 Å². The number of carboxylic acids is 2. The molecule has 8 heteroatoms. The first-order valence-electron chi connectivity index (χ1n) is 10.8. The molecule has 176 valence electrons. The molecular weight excluding hydrogens is 434 g/mol. The van der Waals surface area contributed by atoms with Crippen molar-refractivity contribution >= 4 is 23.5 Å². The standard InChI is InChI=1S/C24H32ClNO6/c1-16-14-26(15-17(16)2)21-11-19(25)10-9-18(21)7-5-3-4-6-8-20(27)12-24(32,23(30)31)13-22(28)29/h9-11,14-15,20,27,32H,3-8,12-13H2,1-2H3,(H,28,29)(H,30,31)/t20-,24+/m0/s1. The predicted molar refractivity (Wildman–Crippen MR) is 123 cm³/mol. The van der Waals surface area contributed by atoms with Crippen LogP contribution in [-0.4, -0.2) is 48.6 Å². The van der Waals surface area contributed by atoms with Crippen LogP contribution in [0.2, 0.25) is 5.02 Å². The summed E-state index contributed by atoms with van der Waals surface area (Å²) in [5.41, 5.74) is 2.24. The number of rotatable bonds is 13. The molecule has 0 saturated carbocycles. The molecule has 0 fully saturated rings. The summed E-state index contributed by atoms with van der Waals surface area (Å²) in [7, 11) is 0. The van der Waals surface area contributed by atoms with Crippen LogP contribution in [0, 0.1) is 13.8 Å². The van der Waals surface area contributed by atoms with Gasteiger partial charge in [-0.05, 0) is 61.9 Å². The molecule has 32 heavy (non-hydrogen) atoms. The first-order chi connectivity index (χ1) is 15.0. The minimum atomic E-state index is -2.45. The molecule has 0 aliphatic heterocycles. The fourth-order valence-electron chi connectivity index (χ4n) is 3.81. The quantitative estimate of drug-likeness (QED) is 0.328. The molecule has 0 radical (unpaired) electrons. The highest BCUT2D eigenvalue weighted by Gasteiger charge is 2.40. The van der Waals surface area contributed by atoms with Gasteiger partial charge in [-0.15, -0.1) is 0 Å². The van der Waals surface area contributed by atoms with Crippen molar-refractivity contribution in [3.8, 4) is 5.69 Å². The van der Waals surface area contributed by atoms with Crippen LogP contribution in [0.1, 0.15) is 61.6 Å². The van der Waals surface area contributed by atoms with E-state index in [4.69, 9.17) is 21.8 Å². The van der Waals surface area contributed by atoms with Gasteiger partial charge in [-0.1, -0.05) is 36.9 Å². The molecule has 0 unspecified atom stereocenters. The fourth-order valence-corrected chi connectivity index (χ4v) is 3.98. The number of aryl methyl sites for hydroxylation is 3. The van der Waals surface area contributed by atoms with Crippen LogP contribution in [0.3, 0.4) is 0 Å². The number of unbranched alkanes of at least 4 members (excludes halogenated alkanes) is 3. The lowest BCUT2D eigenvalue weighted by atomic mass is 9.90. The van der Waals surface area contributed by atoms with Gasteiger partial charge in [0.1, 0.15) is 0 Å². The average Bonchev–Trinajstić information content (AvgIpc) is 3.03. The van der Waals surface area contributed by atoms with Gasteiger partial charge in [-0.2, -0.15) is 0 Å². The van der Waals surface area contributed by atoms with Crippen molar-refractivity contribution in [1.29, 1.82) is 0 Å². The van der Waals surface area contributed by atoms with E-state index >= 15 is 0 Å². The zero-order chi connectivity index (χ0) is 23.9. The molecule has 0 saturated heterocycles. The maximum Gasteiger partial charge on any atom is 0.336 e. The second kappa shape index (κ2) is 11.5. The van der Waals surface area contributed by atoms with Crippen LogP contribution in [0.25, 0.3) is 5.69 Å². The number of aromatic nitrogens is 1. The third kappa shape index (κ3) is 7.36. The predicted octanol–water partition coefficient (Wildman–Crippen LogP) is 4.28. The van der Waals surface area contributed by atoms with Gasteiger partial charge < -0.3 is 25.0 Å². The van der Waals surface area contributed by atoms with Crippen LogP contribution < -0.4 is 0 Å². The van der Waals surface area contributed by atoms with E-state index in [1.807, 2.05) is 18.2 Å². The molecule has 1 heterocycles. The van der Waals surface area contributed by atoms with Gasteiger partial charge in [-0.3, -0.25) is 4.79 Å². The van der Waals surface area contributed by atoms with Gasteiger partial charge in [0, 0.05) is 29.5 Å². The fraction of sp³-hybridized carbons (Fsp3) is 0.500. The Hall–Kier alpha value is -2.35. The Balaban J connectivity index is 1.81. The van der Waals surface area contributed by atoms with Gasteiger partial charge in [0.2, 0.25) is 0 Å². The molecule has 1 aromatic heterocycles. The van der Waals surface area contributed by atoms with Gasteiger partial charge >= 0.3 is 11.9 Å². The average molecular weight is 466 g/mol. The first-order valence-corrected chi connectivity index (χ1v) is 11.2. The van der Waals surface area contributed by atoms with Crippen molar-refractivity contribution in [1.82, 2.24) is 4.57 Å². The van der Waals surface area contributed by atoms with Crippen LogP contribution in [-0.2, 0) is 16.0 Å². The monoisotopic (exact) mass is 465 g/mol. The van der Waals surface area contributed by atoms with Crippen molar-refractivity contribution in [3.63, 3.8) is 0 Å². The number of hydrogen-bond acceptors (Lipinski definition) is 4. The van der Waals surface area contributed by atoms with Crippen molar-refractivity contribution < 1.29 is 30.0 Å². The molecule has 7 nitrogen and oxygen atoms in total. The zero-order valence-corrected chi connectivity index (χ0v) is 19.3. The van der Waals surface area contributed by atoms with Crippen LogP contribution in [0.5, 0.6) is 0 Å². The van der Waals surface area contributed by atoms with E-state index in [0.29, 0.717) is 17.9 Å². The summed E-state index contributed by atoms with van der Waals surface area (Å²) in [5.74, 6) is -3.06. The Kier molecular flexibility index (Phi) is 9.31. The number of hydrogen-bond donors (Lipinski definition) is 4. The lowest BCUT2D eigenvalue weighted by Crippen LogP contribution is -2.43. The number of aliphatic hydroxyl groups excluding tert-OH is 1. The Morgan fingerprint density at radius 2 is 1.69 bits per heavy atom. The maximum atomic E-state index is 11.2. The van der Waals surface area contributed by atoms with Crippen LogP contribution >= 0.6 is 11.6 Å². The Bertz CT molecular complexity index is 921. The summed E-state index contributed by atoms with van der Waals surface area (Å²) >= 11 is 6.21. The minimum absolute atomic E-state index is 0.309. The van der Waals surface area contributed by atoms with Crippen molar-refractivity contribution in [2.24, 2.45) is 0 Å². The largest absolute Gasteiger partial charge is 0.481 e. The van der Waals surface area contributed by atoms with E-state index in [2.05, 4.69) is 30.8 Å². The number of aliphatic hydroxyl groups is 2. The number of benzene rings is 1. The normalized spacial score (nSPS) is 14.2. The van der Waals surface area contributed by atoms with Gasteiger partial charge in [0.05, 0.1) is 12.5 Å². The van der Waals surface area contributed by atoms with Crippen molar-refractivity contribution in [2.45, 2.75) is 76.9 Å². The second-order valence-electron chi connectivity index (χ2n) is 8.52. The number of nitrogens with zero attached hydrogens (tertiary/aromatic N) is 1. The highest BCUT2D eigenvalue weighted by atomic mass is 35.5. The minimum Gasteiger partial charge on any atom is -0.481 e. The molecule has 4 N–H and O–H groups in total. The maximum absolute atomic E-state index is 11.2. The summed E-state index contributed by atoms with van der Waals surface area (Å²) in [6.07, 6.45) is 6.23. The SMILES string of the molecule is Cc1cn(-c2cc(Cl)ccc2CCCCCC[C@H](O)C[C@@](O)(CC(=O)O)C(=O)O)cc1C. The number of halogens is 1. The third-order valence-corrected chi connectivity index (χ3v) is 6.00. The molecule has 2 aromatic rings. The third-order valence-electron chi connectivity index (χ3n) is 5.76. The molecule has 0 spiro atoms. The number of carboxylic acid groups (broad SMARTS) is 2. The topological polar surface area (TPSA) is 120 Å². The van der Waals surface area contributed by atoms with Crippen molar-refractivity contribution in [3.05, 3.63) is 52.3 Å². The van der Waals surface area contributed by atoms with E-state index in [1.54, 1.807) is 0 Å². The summed E-state index contributed by atoms with van der Waals surface area (Å²) in [5, 5.41) is 38.6. The smallest absolute Gasteiger partial charge is 0.336 e. The Morgan fingerprint density at radius 3 is 2.28 bits per heavy atom. The van der Waals surface area contributed by atoms with Gasteiger partial charge in [-0.25, -0.2) is 4.79 Å². The van der Waals surface area contributed by atoms with Crippen LogP contribution in [0.15, 0.2) is 30.6 Å². The highest BCUT2D eigenvalue weighted by Crippen LogP contribution is 2.25. The highest BCUT2D eigenvalue weighted by molar-refractivity contribution is 6.30. The van der Waals surface area contributed by atoms with Crippen LogP contribution in [0.4, 0.5) is 0 Å². The van der Waals surface area contributed by atoms with E-state index in [0.717, 1.165) is 31.4 Å². The molecule has 2 rings (SSSR count). The first kappa shape index (κ1) is 25.9. The lowest BCUT2D eigenvalue weighted by Gasteiger charge is -2.24. The summed E-state index contributed by atoms with van der Waals surface area (Å²) < 4.78 is 2.10. The summed E-state index contributed by atoms with van der Waals surface area (Å²) in [6, 6.07) is 5.90. The van der Waals surface area contributed by atoms with Gasteiger partial charge in [0.25, 0.3) is 0 Å². The molecule has 1 aromatic carbocycles. The summed E-state index contributed by atoms with van der Waals surface area (Å²) in [6.45, 7) is 4.15. The molecule has 2 atom stereocenters. The number of aliphatic carboxylic acids is 2. The second-order valence-corrected chi connectivity index (χ2v) is 8.96. The van der Waals surface area contributed by atoms with E-state index in [9.17, 15) is 19.8 Å². The molecule has 0 aliphatic carbocycles. The molecule has 0 aliphatic rings.